The Morgan fingerprint density at radius 3 is 1.79 bits per heavy atom. The van der Waals surface area contributed by atoms with Crippen LogP contribution in [0.3, 0.4) is 0 Å². The average Bonchev–Trinajstić information content (AvgIpc) is 2.73. The maximum atomic E-state index is 11.3. The summed E-state index contributed by atoms with van der Waals surface area (Å²) in [6.45, 7) is 0. The van der Waals surface area contributed by atoms with Gasteiger partial charge < -0.3 is 0 Å². The largest absolute Gasteiger partial charge is 0.303 e. The lowest BCUT2D eigenvalue weighted by molar-refractivity contribution is -0.393. The monoisotopic (exact) mass is 390 g/mol. The lowest BCUT2D eigenvalue weighted by Gasteiger charge is -2.12. The topological polar surface area (TPSA) is 111 Å². The highest BCUT2D eigenvalue weighted by Crippen LogP contribution is 2.32. The smallest absolute Gasteiger partial charge is 0.258 e. The van der Waals surface area contributed by atoms with Crippen molar-refractivity contribution in [2.45, 2.75) is 18.9 Å². The van der Waals surface area contributed by atoms with Crippen molar-refractivity contribution in [3.8, 4) is 0 Å². The summed E-state index contributed by atoms with van der Waals surface area (Å²) < 4.78 is 0. The minimum Gasteiger partial charge on any atom is -0.258 e. The first-order valence-electron chi connectivity index (χ1n) is 8.94. The van der Waals surface area contributed by atoms with Gasteiger partial charge in [-0.05, 0) is 30.0 Å². The van der Waals surface area contributed by atoms with Crippen LogP contribution in [0.25, 0.3) is 0 Å². The van der Waals surface area contributed by atoms with Crippen molar-refractivity contribution < 1.29 is 9.85 Å². The zero-order valence-corrected chi connectivity index (χ0v) is 15.4. The van der Waals surface area contributed by atoms with Crippen molar-refractivity contribution >= 4 is 17.1 Å². The molecule has 146 valence electrons. The number of rotatable bonds is 8. The molecule has 0 heterocycles. The van der Waals surface area contributed by atoms with E-state index < -0.39 is 15.5 Å². The molecule has 29 heavy (non-hydrogen) atoms. The van der Waals surface area contributed by atoms with Crippen LogP contribution in [0, 0.1) is 20.2 Å². The Labute approximate surface area is 166 Å². The van der Waals surface area contributed by atoms with Gasteiger partial charge in [-0.25, -0.2) is 0 Å². The first-order valence-corrected chi connectivity index (χ1v) is 8.94. The molecule has 0 fully saturated rings. The highest BCUT2D eigenvalue weighted by Gasteiger charge is 2.20. The third-order valence-electron chi connectivity index (χ3n) is 4.32. The van der Waals surface area contributed by atoms with Gasteiger partial charge in [-0.1, -0.05) is 60.7 Å². The Bertz CT molecular complexity index is 982. The molecule has 0 spiro atoms. The minimum atomic E-state index is -0.690. The van der Waals surface area contributed by atoms with Crippen molar-refractivity contribution in [2.75, 3.05) is 0 Å². The van der Waals surface area contributed by atoms with Crippen LogP contribution in [0.5, 0.6) is 0 Å². The van der Waals surface area contributed by atoms with Gasteiger partial charge in [0.1, 0.15) is 0 Å². The van der Waals surface area contributed by atoms with Crippen molar-refractivity contribution in [3.05, 3.63) is 110 Å². The van der Waals surface area contributed by atoms with Gasteiger partial charge in [0, 0.05) is 6.07 Å². The van der Waals surface area contributed by atoms with Gasteiger partial charge in [-0.15, -0.1) is 5.11 Å². The number of nitro groups is 2. The van der Waals surface area contributed by atoms with Gasteiger partial charge in [-0.2, -0.15) is 5.11 Å². The molecule has 0 aromatic heterocycles. The molecule has 0 saturated carbocycles. The van der Waals surface area contributed by atoms with E-state index in [1.54, 1.807) is 0 Å². The van der Waals surface area contributed by atoms with E-state index in [2.05, 4.69) is 10.2 Å². The predicted octanol–water partition coefficient (Wildman–Crippen LogP) is 5.44. The van der Waals surface area contributed by atoms with Crippen molar-refractivity contribution in [1.29, 1.82) is 0 Å². The molecule has 8 nitrogen and oxygen atoms in total. The molecule has 0 unspecified atom stereocenters. The Morgan fingerprint density at radius 2 is 1.31 bits per heavy atom. The summed E-state index contributed by atoms with van der Waals surface area (Å²) in [5.41, 5.74) is 1.34. The third kappa shape index (κ3) is 5.52. The second-order valence-corrected chi connectivity index (χ2v) is 6.44. The van der Waals surface area contributed by atoms with Crippen LogP contribution < -0.4 is 0 Å². The molecule has 3 aromatic carbocycles. The normalized spacial score (nSPS) is 11.1. The average molecular weight is 390 g/mol. The molecule has 0 aliphatic heterocycles. The van der Waals surface area contributed by atoms with Crippen molar-refractivity contribution in [2.24, 2.45) is 10.2 Å². The van der Waals surface area contributed by atoms with E-state index in [-0.39, 0.29) is 17.4 Å². The molecule has 0 radical (unpaired) electrons. The molecule has 0 saturated heterocycles. The number of hydrogen-bond acceptors (Lipinski definition) is 6. The minimum absolute atomic E-state index is 0.00766. The molecule has 3 aromatic rings. The van der Waals surface area contributed by atoms with E-state index in [1.165, 1.54) is 12.1 Å². The molecule has 0 aliphatic carbocycles. The van der Waals surface area contributed by atoms with E-state index in [4.69, 9.17) is 0 Å². The number of non-ortho nitro benzene ring substituents is 1. The number of benzene rings is 3. The van der Waals surface area contributed by atoms with Crippen LogP contribution in [0.1, 0.15) is 11.1 Å². The zero-order valence-electron chi connectivity index (χ0n) is 15.4. The van der Waals surface area contributed by atoms with E-state index in [9.17, 15) is 20.2 Å². The lowest BCUT2D eigenvalue weighted by Crippen LogP contribution is -2.11. The van der Waals surface area contributed by atoms with Crippen molar-refractivity contribution in [3.63, 3.8) is 0 Å². The standard InChI is InChI=1S/C21H18N4O4/c26-24(27)19-11-12-20(21(15-19)25(28)29)23-22-18(13-16-7-3-1-4-8-16)14-17-9-5-2-6-10-17/h1-12,15,18H,13-14H2. The van der Waals surface area contributed by atoms with Crippen LogP contribution in [0.2, 0.25) is 0 Å². The fraction of sp³-hybridized carbons (Fsp3) is 0.143. The maximum Gasteiger partial charge on any atom is 0.303 e. The van der Waals surface area contributed by atoms with E-state index in [0.717, 1.165) is 17.2 Å². The van der Waals surface area contributed by atoms with Gasteiger partial charge in [0.15, 0.2) is 5.69 Å². The third-order valence-corrected chi connectivity index (χ3v) is 4.32. The summed E-state index contributed by atoms with van der Waals surface area (Å²) >= 11 is 0. The summed E-state index contributed by atoms with van der Waals surface area (Å²) in [4.78, 5) is 20.8. The van der Waals surface area contributed by atoms with Gasteiger partial charge in [0.2, 0.25) is 0 Å². The van der Waals surface area contributed by atoms with Gasteiger partial charge in [0.25, 0.3) is 5.69 Å². The summed E-state index contributed by atoms with van der Waals surface area (Å²) in [6, 6.07) is 22.7. The number of nitro benzene ring substituents is 2. The maximum absolute atomic E-state index is 11.3. The number of azo groups is 1. The van der Waals surface area contributed by atoms with E-state index in [0.29, 0.717) is 12.8 Å². The van der Waals surface area contributed by atoms with E-state index >= 15 is 0 Å². The number of nitrogens with zero attached hydrogens (tertiary/aromatic N) is 4. The summed E-state index contributed by atoms with van der Waals surface area (Å²) in [5, 5.41) is 30.6. The first kappa shape index (κ1) is 19.8. The molecule has 0 bridgehead atoms. The predicted molar refractivity (Wildman–Crippen MR) is 108 cm³/mol. The quantitative estimate of drug-likeness (QED) is 0.289. The summed E-state index contributed by atoms with van der Waals surface area (Å²) in [6.07, 6.45) is 1.22. The summed E-state index contributed by atoms with van der Waals surface area (Å²) in [5.74, 6) is 0. The van der Waals surface area contributed by atoms with E-state index in [1.807, 2.05) is 60.7 Å². The first-order chi connectivity index (χ1) is 14.0. The van der Waals surface area contributed by atoms with Crippen LogP contribution >= 0.6 is 0 Å². The summed E-state index contributed by atoms with van der Waals surface area (Å²) in [7, 11) is 0. The zero-order chi connectivity index (χ0) is 20.6. The SMILES string of the molecule is O=[N+]([O-])c1ccc(N=NC(Cc2ccccc2)Cc2ccccc2)c([N+](=O)[O-])c1. The second kappa shape index (κ2) is 9.32. The van der Waals surface area contributed by atoms with Gasteiger partial charge in [0.05, 0.1) is 22.0 Å². The lowest BCUT2D eigenvalue weighted by atomic mass is 10.00. The fourth-order valence-electron chi connectivity index (χ4n) is 2.93. The highest BCUT2D eigenvalue weighted by atomic mass is 16.6. The molecular formula is C21H18N4O4. The van der Waals surface area contributed by atoms with Crippen LogP contribution in [0.4, 0.5) is 17.1 Å². The Hall–Kier alpha value is -3.94. The Kier molecular flexibility index (Phi) is 6.36. The molecule has 8 heteroatoms. The molecular weight excluding hydrogens is 372 g/mol. The molecule has 3 rings (SSSR count). The van der Waals surface area contributed by atoms with Crippen molar-refractivity contribution in [1.82, 2.24) is 0 Å². The van der Waals surface area contributed by atoms with Crippen LogP contribution in [0.15, 0.2) is 89.1 Å². The molecule has 0 aliphatic rings. The van der Waals surface area contributed by atoms with Gasteiger partial charge >= 0.3 is 5.69 Å². The molecule has 0 N–H and O–H groups in total. The van der Waals surface area contributed by atoms with Gasteiger partial charge in [-0.3, -0.25) is 20.2 Å². The Morgan fingerprint density at radius 1 is 0.759 bits per heavy atom. The molecule has 0 amide bonds. The second-order valence-electron chi connectivity index (χ2n) is 6.44. The van der Waals surface area contributed by atoms with Crippen LogP contribution in [-0.4, -0.2) is 15.9 Å². The Balaban J connectivity index is 1.89. The highest BCUT2D eigenvalue weighted by molar-refractivity contribution is 5.61. The fourth-order valence-corrected chi connectivity index (χ4v) is 2.93. The number of hydrogen-bond donors (Lipinski definition) is 0. The molecule has 0 atom stereocenters. The van der Waals surface area contributed by atoms with Crippen LogP contribution in [-0.2, 0) is 12.8 Å².